The summed E-state index contributed by atoms with van der Waals surface area (Å²) in [5.41, 5.74) is 7.40. The molecule has 0 unspecified atom stereocenters. The summed E-state index contributed by atoms with van der Waals surface area (Å²) < 4.78 is 1.11. The molecular weight excluding hydrogens is 182 g/mol. The highest BCUT2D eigenvalue weighted by Gasteiger charge is 2.27. The van der Waals surface area contributed by atoms with Gasteiger partial charge in [-0.15, -0.1) is 11.3 Å². The summed E-state index contributed by atoms with van der Waals surface area (Å²) >= 11 is 1.73. The van der Waals surface area contributed by atoms with Crippen molar-refractivity contribution in [2.75, 3.05) is 5.73 Å². The van der Waals surface area contributed by atoms with Crippen LogP contribution in [0.2, 0.25) is 0 Å². The van der Waals surface area contributed by atoms with Crippen LogP contribution in [0.1, 0.15) is 23.8 Å². The van der Waals surface area contributed by atoms with E-state index in [1.54, 1.807) is 17.5 Å². The number of hydrogen-bond donors (Lipinski definition) is 1. The second-order valence-corrected chi connectivity index (χ2v) is 4.46. The molecule has 0 amide bonds. The van der Waals surface area contributed by atoms with Crippen LogP contribution in [0.3, 0.4) is 0 Å². The van der Waals surface area contributed by atoms with E-state index in [0.717, 1.165) is 10.2 Å². The van der Waals surface area contributed by atoms with Gasteiger partial charge in [0.2, 0.25) is 0 Å². The molecule has 0 spiro atoms. The minimum atomic E-state index is 0.695. The van der Waals surface area contributed by atoms with Gasteiger partial charge in [-0.3, -0.25) is 4.98 Å². The zero-order chi connectivity index (χ0) is 8.84. The summed E-state index contributed by atoms with van der Waals surface area (Å²) in [7, 11) is 0. The van der Waals surface area contributed by atoms with E-state index in [9.17, 15) is 0 Å². The van der Waals surface area contributed by atoms with Crippen molar-refractivity contribution in [3.63, 3.8) is 0 Å². The third-order valence-corrected chi connectivity index (χ3v) is 3.43. The Bertz CT molecular complexity index is 459. The highest BCUT2D eigenvalue weighted by molar-refractivity contribution is 7.18. The second kappa shape index (κ2) is 2.42. The van der Waals surface area contributed by atoms with Gasteiger partial charge in [0.05, 0.1) is 21.6 Å². The molecule has 3 rings (SSSR count). The van der Waals surface area contributed by atoms with Crippen LogP contribution in [0, 0.1) is 0 Å². The Morgan fingerprint density at radius 2 is 2.23 bits per heavy atom. The van der Waals surface area contributed by atoms with Crippen LogP contribution >= 0.6 is 11.3 Å². The first-order valence-corrected chi connectivity index (χ1v) is 5.16. The number of anilines is 1. The average Bonchev–Trinajstić information content (AvgIpc) is 2.87. The third-order valence-electron chi connectivity index (χ3n) is 2.28. The number of thiazole rings is 1. The average molecular weight is 191 g/mol. The van der Waals surface area contributed by atoms with Crippen molar-refractivity contribution in [2.45, 2.75) is 18.8 Å². The maximum absolute atomic E-state index is 5.77. The van der Waals surface area contributed by atoms with Gasteiger partial charge >= 0.3 is 0 Å². The first kappa shape index (κ1) is 7.26. The van der Waals surface area contributed by atoms with Gasteiger partial charge in [-0.2, -0.15) is 0 Å². The van der Waals surface area contributed by atoms with E-state index < -0.39 is 0 Å². The fourth-order valence-corrected chi connectivity index (χ4v) is 2.53. The Labute approximate surface area is 79.6 Å². The molecule has 2 aromatic heterocycles. The number of nitrogen functional groups attached to an aromatic ring is 1. The molecule has 2 aromatic rings. The van der Waals surface area contributed by atoms with Gasteiger partial charge in [-0.25, -0.2) is 4.98 Å². The molecular formula is C9H9N3S. The SMILES string of the molecule is Nc1cncc2sc(C3CC3)nc12. The van der Waals surface area contributed by atoms with Gasteiger partial charge < -0.3 is 5.73 Å². The maximum Gasteiger partial charge on any atom is 0.108 e. The molecule has 0 aliphatic heterocycles. The molecule has 0 atom stereocenters. The van der Waals surface area contributed by atoms with Gasteiger partial charge in [-0.05, 0) is 12.8 Å². The molecule has 0 radical (unpaired) electrons. The topological polar surface area (TPSA) is 51.8 Å². The molecule has 13 heavy (non-hydrogen) atoms. The summed E-state index contributed by atoms with van der Waals surface area (Å²) in [6.45, 7) is 0. The molecule has 1 aliphatic rings. The van der Waals surface area contributed by atoms with Gasteiger partial charge in [-0.1, -0.05) is 0 Å². The number of aromatic nitrogens is 2. The summed E-state index contributed by atoms with van der Waals surface area (Å²) in [5.74, 6) is 0.705. The van der Waals surface area contributed by atoms with E-state index in [1.165, 1.54) is 17.8 Å². The fraction of sp³-hybridized carbons (Fsp3) is 0.333. The zero-order valence-corrected chi connectivity index (χ0v) is 7.84. The van der Waals surface area contributed by atoms with Crippen LogP contribution in [-0.4, -0.2) is 9.97 Å². The van der Waals surface area contributed by atoms with Crippen molar-refractivity contribution < 1.29 is 0 Å². The minimum Gasteiger partial charge on any atom is -0.396 e. The minimum absolute atomic E-state index is 0.695. The van der Waals surface area contributed by atoms with E-state index >= 15 is 0 Å². The molecule has 0 aromatic carbocycles. The molecule has 2 N–H and O–H groups in total. The molecule has 1 aliphatic carbocycles. The lowest BCUT2D eigenvalue weighted by Gasteiger charge is -1.90. The largest absolute Gasteiger partial charge is 0.396 e. The number of hydrogen-bond acceptors (Lipinski definition) is 4. The van der Waals surface area contributed by atoms with Crippen LogP contribution in [0.15, 0.2) is 12.4 Å². The quantitative estimate of drug-likeness (QED) is 0.751. The Morgan fingerprint density at radius 3 is 2.92 bits per heavy atom. The highest BCUT2D eigenvalue weighted by Crippen LogP contribution is 2.43. The van der Waals surface area contributed by atoms with Gasteiger partial charge in [0, 0.05) is 12.1 Å². The van der Waals surface area contributed by atoms with Gasteiger partial charge in [0.1, 0.15) is 5.52 Å². The predicted octanol–water partition coefficient (Wildman–Crippen LogP) is 2.15. The smallest absolute Gasteiger partial charge is 0.108 e. The summed E-state index contributed by atoms with van der Waals surface area (Å²) in [6, 6.07) is 0. The van der Waals surface area contributed by atoms with Crippen molar-refractivity contribution in [2.24, 2.45) is 0 Å². The molecule has 1 fully saturated rings. The van der Waals surface area contributed by atoms with E-state index in [-0.39, 0.29) is 0 Å². The Morgan fingerprint density at radius 1 is 1.38 bits per heavy atom. The summed E-state index contributed by atoms with van der Waals surface area (Å²) in [6.07, 6.45) is 6.08. The van der Waals surface area contributed by atoms with E-state index in [4.69, 9.17) is 5.73 Å². The molecule has 0 saturated heterocycles. The number of rotatable bonds is 1. The van der Waals surface area contributed by atoms with Crippen molar-refractivity contribution >= 4 is 27.2 Å². The number of nitrogens with zero attached hydrogens (tertiary/aromatic N) is 2. The standard InChI is InChI=1S/C9H9N3S/c10-6-3-11-4-7-8(6)12-9(13-7)5-1-2-5/h3-5H,1-2,10H2. The molecule has 66 valence electrons. The lowest BCUT2D eigenvalue weighted by molar-refractivity contribution is 1.10. The molecule has 2 heterocycles. The second-order valence-electron chi connectivity index (χ2n) is 3.40. The monoisotopic (exact) mass is 191 g/mol. The predicted molar refractivity (Wildman–Crippen MR) is 53.8 cm³/mol. The first-order chi connectivity index (χ1) is 6.34. The van der Waals surface area contributed by atoms with Crippen LogP contribution < -0.4 is 5.73 Å². The molecule has 0 bridgehead atoms. The molecule has 3 nitrogen and oxygen atoms in total. The lowest BCUT2D eigenvalue weighted by Crippen LogP contribution is -1.87. The Kier molecular flexibility index (Phi) is 1.35. The highest BCUT2D eigenvalue weighted by atomic mass is 32.1. The Balaban J connectivity index is 2.26. The van der Waals surface area contributed by atoms with Crippen molar-refractivity contribution in [1.82, 2.24) is 9.97 Å². The zero-order valence-electron chi connectivity index (χ0n) is 7.03. The molecule has 4 heteroatoms. The summed E-state index contributed by atoms with van der Waals surface area (Å²) in [4.78, 5) is 8.58. The fourth-order valence-electron chi connectivity index (χ4n) is 1.39. The van der Waals surface area contributed by atoms with Gasteiger partial charge in [0.25, 0.3) is 0 Å². The Hall–Kier alpha value is -1.16. The first-order valence-electron chi connectivity index (χ1n) is 4.34. The normalized spacial score (nSPS) is 16.6. The number of pyridine rings is 1. The van der Waals surface area contributed by atoms with E-state index in [0.29, 0.717) is 11.6 Å². The van der Waals surface area contributed by atoms with Crippen LogP contribution in [0.4, 0.5) is 5.69 Å². The van der Waals surface area contributed by atoms with Crippen LogP contribution in [-0.2, 0) is 0 Å². The van der Waals surface area contributed by atoms with Crippen molar-refractivity contribution in [1.29, 1.82) is 0 Å². The number of nitrogens with two attached hydrogens (primary N) is 1. The van der Waals surface area contributed by atoms with E-state index in [1.807, 2.05) is 6.20 Å². The van der Waals surface area contributed by atoms with Crippen molar-refractivity contribution in [3.8, 4) is 0 Å². The lowest BCUT2D eigenvalue weighted by atomic mass is 10.4. The third kappa shape index (κ3) is 1.09. The van der Waals surface area contributed by atoms with E-state index in [2.05, 4.69) is 9.97 Å². The summed E-state index contributed by atoms with van der Waals surface area (Å²) in [5, 5.41) is 1.23. The molecule has 1 saturated carbocycles. The van der Waals surface area contributed by atoms with Crippen LogP contribution in [0.5, 0.6) is 0 Å². The van der Waals surface area contributed by atoms with Crippen molar-refractivity contribution in [3.05, 3.63) is 17.4 Å². The van der Waals surface area contributed by atoms with Crippen LogP contribution in [0.25, 0.3) is 10.2 Å². The maximum atomic E-state index is 5.77. The number of fused-ring (bicyclic) bond motifs is 1. The van der Waals surface area contributed by atoms with Gasteiger partial charge in [0.15, 0.2) is 0 Å².